The molecular weight excluding hydrogens is 411 g/mol. The maximum atomic E-state index is 13.1. The summed E-state index contributed by atoms with van der Waals surface area (Å²) >= 11 is 0. The largest absolute Gasteiger partial charge is 0.339 e. The second kappa shape index (κ2) is 9.21. The standard InChI is InChI=1S/C24H25FN4O3/c1-17(30)29-11-10-18-4-2-3-5-21(18)22(29)16-23(31)27-12-14-28(15-13-27)24(32)26-20-8-6-19(25)7-9-20/h2-11,22H,12-16H2,1H3,(H,26,32)/t22-/m0/s1. The highest BCUT2D eigenvalue weighted by Gasteiger charge is 2.31. The van der Waals surface area contributed by atoms with E-state index >= 15 is 0 Å². The number of hydrogen-bond acceptors (Lipinski definition) is 3. The molecule has 2 aromatic carbocycles. The molecule has 0 aromatic heterocycles. The van der Waals surface area contributed by atoms with Crippen molar-refractivity contribution in [3.05, 3.63) is 71.7 Å². The number of benzene rings is 2. The summed E-state index contributed by atoms with van der Waals surface area (Å²) in [5.41, 5.74) is 2.48. The molecule has 0 radical (unpaired) electrons. The van der Waals surface area contributed by atoms with Gasteiger partial charge in [0.2, 0.25) is 11.8 Å². The summed E-state index contributed by atoms with van der Waals surface area (Å²) < 4.78 is 13.0. The third-order valence-corrected chi connectivity index (χ3v) is 5.85. The second-order valence-electron chi connectivity index (χ2n) is 7.90. The molecule has 1 fully saturated rings. The van der Waals surface area contributed by atoms with Crippen LogP contribution in [0, 0.1) is 5.82 Å². The van der Waals surface area contributed by atoms with Crippen LogP contribution < -0.4 is 5.32 Å². The van der Waals surface area contributed by atoms with Crippen molar-refractivity contribution in [2.45, 2.75) is 19.4 Å². The van der Waals surface area contributed by atoms with Gasteiger partial charge in [-0.05, 0) is 41.5 Å². The Morgan fingerprint density at radius 2 is 1.62 bits per heavy atom. The topological polar surface area (TPSA) is 73.0 Å². The minimum atomic E-state index is -0.366. The third-order valence-electron chi connectivity index (χ3n) is 5.85. The van der Waals surface area contributed by atoms with Crippen molar-refractivity contribution in [1.29, 1.82) is 0 Å². The van der Waals surface area contributed by atoms with Gasteiger partial charge in [-0.2, -0.15) is 0 Å². The van der Waals surface area contributed by atoms with Gasteiger partial charge in [0.15, 0.2) is 0 Å². The van der Waals surface area contributed by atoms with Crippen molar-refractivity contribution in [2.24, 2.45) is 0 Å². The number of fused-ring (bicyclic) bond motifs is 1. The van der Waals surface area contributed by atoms with Crippen molar-refractivity contribution in [3.63, 3.8) is 0 Å². The van der Waals surface area contributed by atoms with Gasteiger partial charge in [-0.25, -0.2) is 9.18 Å². The average molecular weight is 436 g/mol. The number of carbonyl (C=O) groups is 3. The fourth-order valence-corrected chi connectivity index (χ4v) is 4.10. The van der Waals surface area contributed by atoms with Gasteiger partial charge in [-0.3, -0.25) is 9.59 Å². The van der Waals surface area contributed by atoms with Gasteiger partial charge in [0.05, 0.1) is 12.5 Å². The minimum Gasteiger partial charge on any atom is -0.339 e. The lowest BCUT2D eigenvalue weighted by atomic mass is 9.93. The summed E-state index contributed by atoms with van der Waals surface area (Å²) in [5.74, 6) is -0.532. The molecule has 2 aromatic rings. The van der Waals surface area contributed by atoms with Gasteiger partial charge >= 0.3 is 6.03 Å². The summed E-state index contributed by atoms with van der Waals surface area (Å²) in [4.78, 5) is 42.6. The van der Waals surface area contributed by atoms with Crippen molar-refractivity contribution < 1.29 is 18.8 Å². The Morgan fingerprint density at radius 3 is 2.31 bits per heavy atom. The van der Waals surface area contributed by atoms with Crippen molar-refractivity contribution in [2.75, 3.05) is 31.5 Å². The zero-order valence-corrected chi connectivity index (χ0v) is 17.8. The summed E-state index contributed by atoms with van der Waals surface area (Å²) in [6.45, 7) is 3.13. The quantitative estimate of drug-likeness (QED) is 0.801. The van der Waals surface area contributed by atoms with Crippen LogP contribution in [-0.4, -0.2) is 58.7 Å². The molecule has 166 valence electrons. The number of halogens is 1. The highest BCUT2D eigenvalue weighted by molar-refractivity contribution is 5.89. The molecule has 1 N–H and O–H groups in total. The summed E-state index contributed by atoms with van der Waals surface area (Å²) in [6, 6.07) is 12.7. The first-order valence-corrected chi connectivity index (χ1v) is 10.6. The molecule has 4 rings (SSSR count). The Hall–Kier alpha value is -3.68. The van der Waals surface area contributed by atoms with E-state index in [4.69, 9.17) is 0 Å². The molecule has 0 spiro atoms. The fraction of sp³-hybridized carbons (Fsp3) is 0.292. The number of anilines is 1. The van der Waals surface area contributed by atoms with Crippen LogP contribution in [0.2, 0.25) is 0 Å². The number of nitrogens with zero attached hydrogens (tertiary/aromatic N) is 3. The Morgan fingerprint density at radius 1 is 0.969 bits per heavy atom. The minimum absolute atomic E-state index is 0.0510. The Bertz CT molecular complexity index is 1050. The molecule has 2 heterocycles. The molecule has 0 bridgehead atoms. The predicted molar refractivity (Wildman–Crippen MR) is 119 cm³/mol. The Labute approximate surface area is 186 Å². The molecule has 32 heavy (non-hydrogen) atoms. The number of hydrogen-bond donors (Lipinski definition) is 1. The monoisotopic (exact) mass is 436 g/mol. The average Bonchev–Trinajstić information content (AvgIpc) is 2.80. The van der Waals surface area contributed by atoms with E-state index < -0.39 is 0 Å². The van der Waals surface area contributed by atoms with Crippen molar-refractivity contribution >= 4 is 29.6 Å². The maximum absolute atomic E-state index is 13.1. The van der Waals surface area contributed by atoms with Crippen LogP contribution in [0.4, 0.5) is 14.9 Å². The van der Waals surface area contributed by atoms with Gasteiger partial charge < -0.3 is 20.0 Å². The SMILES string of the molecule is CC(=O)N1C=Cc2ccccc2[C@@H]1CC(=O)N1CCN(C(=O)Nc2ccc(F)cc2)CC1. The summed E-state index contributed by atoms with van der Waals surface area (Å²) in [7, 11) is 0. The first-order valence-electron chi connectivity index (χ1n) is 10.6. The van der Waals surface area contributed by atoms with E-state index in [9.17, 15) is 18.8 Å². The second-order valence-corrected chi connectivity index (χ2v) is 7.90. The molecule has 0 aliphatic carbocycles. The van der Waals surface area contributed by atoms with Crippen LogP contribution in [0.5, 0.6) is 0 Å². The van der Waals surface area contributed by atoms with Gasteiger partial charge in [0, 0.05) is 45.0 Å². The van der Waals surface area contributed by atoms with Crippen molar-refractivity contribution in [1.82, 2.24) is 14.7 Å². The molecule has 0 unspecified atom stereocenters. The molecule has 0 saturated carbocycles. The number of piperazine rings is 1. The first-order chi connectivity index (χ1) is 15.4. The van der Waals surface area contributed by atoms with Crippen molar-refractivity contribution in [3.8, 4) is 0 Å². The fourth-order valence-electron chi connectivity index (χ4n) is 4.10. The van der Waals surface area contributed by atoms with Gasteiger partial charge in [0.25, 0.3) is 0 Å². The van der Waals surface area contributed by atoms with Crippen LogP contribution in [0.25, 0.3) is 6.08 Å². The lowest BCUT2D eigenvalue weighted by Crippen LogP contribution is -2.52. The number of urea groups is 1. The van der Waals surface area contributed by atoms with Gasteiger partial charge in [0.1, 0.15) is 5.82 Å². The molecule has 8 heteroatoms. The molecule has 7 nitrogen and oxygen atoms in total. The number of rotatable bonds is 3. The number of nitrogens with one attached hydrogen (secondary N) is 1. The lowest BCUT2D eigenvalue weighted by molar-refractivity contribution is -0.135. The smallest absolute Gasteiger partial charge is 0.321 e. The molecule has 2 aliphatic heterocycles. The molecule has 1 atom stereocenters. The van der Waals surface area contributed by atoms with Crippen LogP contribution in [0.1, 0.15) is 30.5 Å². The number of carbonyl (C=O) groups excluding carboxylic acids is 3. The van der Waals surface area contributed by atoms with Crippen LogP contribution in [0.15, 0.2) is 54.7 Å². The van der Waals surface area contributed by atoms with E-state index in [2.05, 4.69) is 5.32 Å². The van der Waals surface area contributed by atoms with E-state index in [1.807, 2.05) is 30.3 Å². The van der Waals surface area contributed by atoms with E-state index in [1.165, 1.54) is 31.2 Å². The molecule has 2 aliphatic rings. The van der Waals surface area contributed by atoms with Crippen LogP contribution in [-0.2, 0) is 9.59 Å². The van der Waals surface area contributed by atoms with Gasteiger partial charge in [-0.1, -0.05) is 24.3 Å². The highest BCUT2D eigenvalue weighted by atomic mass is 19.1. The Kier molecular flexibility index (Phi) is 6.20. The molecular formula is C24H25FN4O3. The zero-order valence-electron chi connectivity index (χ0n) is 17.8. The third kappa shape index (κ3) is 4.64. The molecule has 1 saturated heterocycles. The van der Waals surface area contributed by atoms with Gasteiger partial charge in [-0.15, -0.1) is 0 Å². The summed E-state index contributed by atoms with van der Waals surface area (Å²) in [5, 5.41) is 2.74. The lowest BCUT2D eigenvalue weighted by Gasteiger charge is -2.37. The first kappa shape index (κ1) is 21.5. The highest BCUT2D eigenvalue weighted by Crippen LogP contribution is 2.33. The van der Waals surface area contributed by atoms with E-state index in [0.717, 1.165) is 11.1 Å². The molecule has 4 amide bonds. The zero-order chi connectivity index (χ0) is 22.7. The van der Waals surface area contributed by atoms with E-state index in [-0.39, 0.29) is 36.1 Å². The van der Waals surface area contributed by atoms with E-state index in [1.54, 1.807) is 20.9 Å². The normalized spacial score (nSPS) is 17.7. The van der Waals surface area contributed by atoms with E-state index in [0.29, 0.717) is 31.9 Å². The Balaban J connectivity index is 1.36. The number of amides is 4. The summed E-state index contributed by atoms with van der Waals surface area (Å²) in [6.07, 6.45) is 3.80. The predicted octanol–water partition coefficient (Wildman–Crippen LogP) is 3.47. The van der Waals surface area contributed by atoms with Crippen LogP contribution in [0.3, 0.4) is 0 Å². The maximum Gasteiger partial charge on any atom is 0.321 e. The van der Waals surface area contributed by atoms with Crippen LogP contribution >= 0.6 is 0 Å².